The maximum absolute atomic E-state index is 11.3. The van der Waals surface area contributed by atoms with Crippen molar-refractivity contribution < 1.29 is 14.3 Å². The lowest BCUT2D eigenvalue weighted by Gasteiger charge is -2.35. The van der Waals surface area contributed by atoms with Crippen LogP contribution in [-0.2, 0) is 14.3 Å². The Kier molecular flexibility index (Phi) is 13.5. The van der Waals surface area contributed by atoms with Crippen molar-refractivity contribution in [3.05, 3.63) is 0 Å². The number of halogens is 2. The molecule has 0 saturated carbocycles. The first-order chi connectivity index (χ1) is 7.77. The molecule has 0 aromatic heterocycles. The van der Waals surface area contributed by atoms with Crippen molar-refractivity contribution in [3.8, 4) is 0 Å². The molecule has 1 atom stereocenters. The Bertz CT molecular complexity index is 218. The molecule has 0 amide bonds. The zero-order chi connectivity index (χ0) is 11.8. The molecule has 1 heterocycles. The van der Waals surface area contributed by atoms with Gasteiger partial charge in [-0.3, -0.25) is 9.69 Å². The molecule has 0 aromatic rings. The van der Waals surface area contributed by atoms with E-state index in [0.29, 0.717) is 25.7 Å². The van der Waals surface area contributed by atoms with Gasteiger partial charge in [-0.2, -0.15) is 0 Å². The molecule has 0 aromatic carbocycles. The van der Waals surface area contributed by atoms with E-state index in [1.54, 1.807) is 7.11 Å². The number of methoxy groups -OCH3 is 1. The molecule has 5 nitrogen and oxygen atoms in total. The van der Waals surface area contributed by atoms with Gasteiger partial charge in [0.15, 0.2) is 0 Å². The van der Waals surface area contributed by atoms with E-state index in [0.717, 1.165) is 26.2 Å². The number of carbonyl (C=O) groups is 1. The molecule has 0 aliphatic carbocycles. The van der Waals surface area contributed by atoms with Gasteiger partial charge in [-0.1, -0.05) is 0 Å². The van der Waals surface area contributed by atoms with Gasteiger partial charge in [0.1, 0.15) is 0 Å². The molecule has 0 bridgehead atoms. The molecule has 110 valence electrons. The van der Waals surface area contributed by atoms with Gasteiger partial charge >= 0.3 is 5.97 Å². The normalized spacial score (nSPS) is 19.6. The lowest BCUT2D eigenvalue weighted by Crippen LogP contribution is -2.53. The summed E-state index contributed by atoms with van der Waals surface area (Å²) in [4.78, 5) is 13.5. The highest BCUT2D eigenvalue weighted by atomic mass is 35.5. The van der Waals surface area contributed by atoms with Gasteiger partial charge in [0.2, 0.25) is 0 Å². The summed E-state index contributed by atoms with van der Waals surface area (Å²) in [5, 5.41) is 3.32. The number of ether oxygens (including phenoxy) is 2. The van der Waals surface area contributed by atoms with Crippen LogP contribution in [0.3, 0.4) is 0 Å². The average Bonchev–Trinajstić information content (AvgIpc) is 2.29. The Morgan fingerprint density at radius 2 is 2.17 bits per heavy atom. The molecular weight excluding hydrogens is 279 g/mol. The van der Waals surface area contributed by atoms with E-state index in [4.69, 9.17) is 9.47 Å². The number of rotatable bonds is 6. The molecular formula is C11H24Cl2N2O3. The van der Waals surface area contributed by atoms with Crippen molar-refractivity contribution in [1.82, 2.24) is 10.2 Å². The molecule has 18 heavy (non-hydrogen) atoms. The topological polar surface area (TPSA) is 50.8 Å². The summed E-state index contributed by atoms with van der Waals surface area (Å²) >= 11 is 0. The molecule has 1 fully saturated rings. The monoisotopic (exact) mass is 302 g/mol. The van der Waals surface area contributed by atoms with Gasteiger partial charge < -0.3 is 14.8 Å². The minimum atomic E-state index is -0.114. The van der Waals surface area contributed by atoms with Gasteiger partial charge in [-0.05, 0) is 6.92 Å². The summed E-state index contributed by atoms with van der Waals surface area (Å²) in [6, 6.07) is 0.369. The predicted octanol–water partition coefficient (Wildman–Crippen LogP) is 0.703. The number of nitrogens with one attached hydrogen (secondary N) is 1. The van der Waals surface area contributed by atoms with E-state index in [1.807, 2.05) is 6.92 Å². The van der Waals surface area contributed by atoms with Crippen molar-refractivity contribution in [2.45, 2.75) is 19.4 Å². The van der Waals surface area contributed by atoms with Gasteiger partial charge in [-0.15, -0.1) is 24.8 Å². The van der Waals surface area contributed by atoms with E-state index in [2.05, 4.69) is 10.2 Å². The van der Waals surface area contributed by atoms with Crippen molar-refractivity contribution in [2.24, 2.45) is 0 Å². The van der Waals surface area contributed by atoms with E-state index in [1.165, 1.54) is 0 Å². The van der Waals surface area contributed by atoms with Gasteiger partial charge in [-0.25, -0.2) is 0 Å². The van der Waals surface area contributed by atoms with E-state index >= 15 is 0 Å². The highest BCUT2D eigenvalue weighted by Gasteiger charge is 2.22. The SMILES string of the molecule is CCOC(=O)CCN1CCNC[C@H]1COC.Cl.Cl. The third-order valence-corrected chi connectivity index (χ3v) is 2.74. The van der Waals surface area contributed by atoms with Gasteiger partial charge in [0.25, 0.3) is 0 Å². The first-order valence-electron chi connectivity index (χ1n) is 5.87. The van der Waals surface area contributed by atoms with Crippen LogP contribution < -0.4 is 5.32 Å². The predicted molar refractivity (Wildman–Crippen MR) is 75.9 cm³/mol. The second-order valence-electron chi connectivity index (χ2n) is 3.90. The fourth-order valence-electron chi connectivity index (χ4n) is 1.92. The van der Waals surface area contributed by atoms with Crippen molar-refractivity contribution in [3.63, 3.8) is 0 Å². The zero-order valence-electron chi connectivity index (χ0n) is 11.0. The van der Waals surface area contributed by atoms with E-state index in [9.17, 15) is 4.79 Å². The number of hydrogen-bond donors (Lipinski definition) is 1. The first-order valence-corrected chi connectivity index (χ1v) is 5.87. The molecule has 1 aliphatic rings. The fourth-order valence-corrected chi connectivity index (χ4v) is 1.92. The van der Waals surface area contributed by atoms with Crippen LogP contribution in [0.2, 0.25) is 0 Å². The third kappa shape index (κ3) is 7.38. The number of piperazine rings is 1. The Morgan fingerprint density at radius 3 is 2.78 bits per heavy atom. The van der Waals surface area contributed by atoms with Crippen LogP contribution in [0, 0.1) is 0 Å². The summed E-state index contributed by atoms with van der Waals surface area (Å²) < 4.78 is 10.1. The minimum Gasteiger partial charge on any atom is -0.466 e. The maximum Gasteiger partial charge on any atom is 0.307 e. The number of nitrogens with zero attached hydrogens (tertiary/aromatic N) is 1. The zero-order valence-corrected chi connectivity index (χ0v) is 12.6. The molecule has 1 N–H and O–H groups in total. The van der Waals surface area contributed by atoms with Crippen LogP contribution in [0.5, 0.6) is 0 Å². The van der Waals surface area contributed by atoms with Gasteiger partial charge in [0.05, 0.1) is 19.6 Å². The number of esters is 1. The summed E-state index contributed by atoms with van der Waals surface area (Å²) in [6.45, 7) is 6.62. The molecule has 7 heteroatoms. The molecule has 1 rings (SSSR count). The largest absolute Gasteiger partial charge is 0.466 e. The quantitative estimate of drug-likeness (QED) is 0.732. The molecule has 1 saturated heterocycles. The van der Waals surface area contributed by atoms with Crippen LogP contribution in [0.25, 0.3) is 0 Å². The Balaban J connectivity index is 0. The highest BCUT2D eigenvalue weighted by molar-refractivity contribution is 5.85. The highest BCUT2D eigenvalue weighted by Crippen LogP contribution is 2.05. The summed E-state index contributed by atoms with van der Waals surface area (Å²) in [7, 11) is 1.71. The fraction of sp³-hybridized carbons (Fsp3) is 0.909. The molecule has 1 aliphatic heterocycles. The smallest absolute Gasteiger partial charge is 0.307 e. The van der Waals surface area contributed by atoms with Crippen molar-refractivity contribution in [2.75, 3.05) is 46.5 Å². The summed E-state index contributed by atoms with van der Waals surface area (Å²) in [6.07, 6.45) is 0.466. The van der Waals surface area contributed by atoms with Crippen molar-refractivity contribution >= 4 is 30.8 Å². The lowest BCUT2D eigenvalue weighted by molar-refractivity contribution is -0.143. The molecule has 0 spiro atoms. The first kappa shape index (κ1) is 20.3. The van der Waals surface area contributed by atoms with E-state index in [-0.39, 0.29) is 30.8 Å². The van der Waals surface area contributed by atoms with Crippen LogP contribution in [0.4, 0.5) is 0 Å². The average molecular weight is 303 g/mol. The Labute approximate surface area is 121 Å². The standard InChI is InChI=1S/C11H22N2O3.2ClH/c1-3-16-11(14)4-6-13-7-5-12-8-10(13)9-15-2;;/h10,12H,3-9H2,1-2H3;2*1H/t10-;;/m0../s1. The number of carbonyl (C=O) groups excluding carboxylic acids is 1. The summed E-state index contributed by atoms with van der Waals surface area (Å²) in [5.41, 5.74) is 0. The van der Waals surface area contributed by atoms with Crippen LogP contribution in [0.15, 0.2) is 0 Å². The molecule has 0 radical (unpaired) electrons. The third-order valence-electron chi connectivity index (χ3n) is 2.74. The summed E-state index contributed by atoms with van der Waals surface area (Å²) in [5.74, 6) is -0.114. The second-order valence-corrected chi connectivity index (χ2v) is 3.90. The minimum absolute atomic E-state index is 0. The number of hydrogen-bond acceptors (Lipinski definition) is 5. The van der Waals surface area contributed by atoms with Crippen LogP contribution in [0.1, 0.15) is 13.3 Å². The van der Waals surface area contributed by atoms with Crippen LogP contribution >= 0.6 is 24.8 Å². The van der Waals surface area contributed by atoms with Crippen LogP contribution in [-0.4, -0.2) is 63.4 Å². The second kappa shape index (κ2) is 12.0. The lowest BCUT2D eigenvalue weighted by atomic mass is 10.2. The molecule has 0 unspecified atom stereocenters. The Hall–Kier alpha value is -0.0700. The Morgan fingerprint density at radius 1 is 1.44 bits per heavy atom. The van der Waals surface area contributed by atoms with E-state index < -0.39 is 0 Å². The van der Waals surface area contributed by atoms with Crippen molar-refractivity contribution in [1.29, 1.82) is 0 Å². The maximum atomic E-state index is 11.3. The van der Waals surface area contributed by atoms with Gasteiger partial charge in [0, 0.05) is 39.3 Å².